The van der Waals surface area contributed by atoms with Gasteiger partial charge in [-0.2, -0.15) is 0 Å². The molecule has 1 aliphatic rings. The predicted molar refractivity (Wildman–Crippen MR) is 76.4 cm³/mol. The van der Waals surface area contributed by atoms with E-state index in [0.29, 0.717) is 13.0 Å². The fourth-order valence-electron chi connectivity index (χ4n) is 2.67. The summed E-state index contributed by atoms with van der Waals surface area (Å²) in [6.45, 7) is 4.26. The molecular formula is C16H20FNO3. The van der Waals surface area contributed by atoms with Crippen LogP contribution in [0.15, 0.2) is 24.3 Å². The van der Waals surface area contributed by atoms with E-state index in [9.17, 15) is 19.1 Å². The summed E-state index contributed by atoms with van der Waals surface area (Å²) in [5.41, 5.74) is -0.0684. The van der Waals surface area contributed by atoms with Gasteiger partial charge in [-0.25, -0.2) is 4.39 Å². The maximum atomic E-state index is 13.2. The summed E-state index contributed by atoms with van der Waals surface area (Å²) in [6, 6.07) is 6.23. The molecule has 1 aromatic carbocycles. The second-order valence-electron chi connectivity index (χ2n) is 6.09. The molecule has 0 spiro atoms. The van der Waals surface area contributed by atoms with Gasteiger partial charge in [-0.15, -0.1) is 0 Å². The van der Waals surface area contributed by atoms with Crippen LogP contribution in [0.4, 0.5) is 4.39 Å². The Bertz CT molecular complexity index is 560. The van der Waals surface area contributed by atoms with Gasteiger partial charge in [-0.3, -0.25) is 9.59 Å². The van der Waals surface area contributed by atoms with Crippen LogP contribution in [0.2, 0.25) is 0 Å². The van der Waals surface area contributed by atoms with Crippen molar-refractivity contribution >= 4 is 11.9 Å². The van der Waals surface area contributed by atoms with Crippen LogP contribution in [-0.4, -0.2) is 35.0 Å². The Morgan fingerprint density at radius 1 is 1.48 bits per heavy atom. The minimum Gasteiger partial charge on any atom is -0.481 e. The van der Waals surface area contributed by atoms with Gasteiger partial charge in [-0.1, -0.05) is 19.1 Å². The van der Waals surface area contributed by atoms with Crippen LogP contribution in [0, 0.1) is 11.2 Å². The number of benzene rings is 1. The van der Waals surface area contributed by atoms with Gasteiger partial charge in [0.15, 0.2) is 0 Å². The summed E-state index contributed by atoms with van der Waals surface area (Å²) in [6.07, 6.45) is 0.738. The van der Waals surface area contributed by atoms with Crippen LogP contribution in [0.5, 0.6) is 0 Å². The zero-order valence-electron chi connectivity index (χ0n) is 12.3. The Kier molecular flexibility index (Phi) is 4.30. The fourth-order valence-corrected chi connectivity index (χ4v) is 2.67. The van der Waals surface area contributed by atoms with E-state index < -0.39 is 11.4 Å². The standard InChI is InChI=1S/C16H20FNO3/c1-11(12-4-3-5-13(17)9-12)8-14(19)18-7-6-16(2,10-18)15(20)21/h3-5,9,11H,6-8,10H2,1-2H3,(H,20,21). The summed E-state index contributed by atoms with van der Waals surface area (Å²) < 4.78 is 13.2. The number of halogens is 1. The van der Waals surface area contributed by atoms with E-state index in [-0.39, 0.29) is 30.6 Å². The highest BCUT2D eigenvalue weighted by atomic mass is 19.1. The smallest absolute Gasteiger partial charge is 0.311 e. The Labute approximate surface area is 123 Å². The lowest BCUT2D eigenvalue weighted by molar-refractivity contribution is -0.147. The number of carbonyl (C=O) groups is 2. The molecule has 2 unspecified atom stereocenters. The van der Waals surface area contributed by atoms with Crippen molar-refractivity contribution in [1.29, 1.82) is 0 Å². The van der Waals surface area contributed by atoms with Gasteiger partial charge in [0.05, 0.1) is 5.41 Å². The molecule has 2 rings (SSSR count). The number of hydrogen-bond acceptors (Lipinski definition) is 2. The molecule has 1 N–H and O–H groups in total. The van der Waals surface area contributed by atoms with E-state index in [1.165, 1.54) is 12.1 Å². The highest BCUT2D eigenvalue weighted by molar-refractivity contribution is 5.81. The molecular weight excluding hydrogens is 273 g/mol. The SMILES string of the molecule is CC(CC(=O)N1CCC(C)(C(=O)O)C1)c1cccc(F)c1. The number of hydrogen-bond donors (Lipinski definition) is 1. The summed E-state index contributed by atoms with van der Waals surface area (Å²) >= 11 is 0. The number of amides is 1. The Morgan fingerprint density at radius 3 is 2.76 bits per heavy atom. The lowest BCUT2D eigenvalue weighted by atomic mass is 9.90. The summed E-state index contributed by atoms with van der Waals surface area (Å²) in [5.74, 6) is -1.34. The van der Waals surface area contributed by atoms with Crippen LogP contribution in [-0.2, 0) is 9.59 Å². The molecule has 1 fully saturated rings. The number of carboxylic acid groups (broad SMARTS) is 1. The summed E-state index contributed by atoms with van der Waals surface area (Å²) in [4.78, 5) is 25.1. The Hall–Kier alpha value is -1.91. The molecule has 2 atom stereocenters. The van der Waals surface area contributed by atoms with Crippen LogP contribution >= 0.6 is 0 Å². The van der Waals surface area contributed by atoms with Gasteiger partial charge < -0.3 is 10.0 Å². The van der Waals surface area contributed by atoms with Crippen LogP contribution < -0.4 is 0 Å². The first kappa shape index (κ1) is 15.5. The maximum absolute atomic E-state index is 13.2. The van der Waals surface area contributed by atoms with E-state index >= 15 is 0 Å². The third-order valence-corrected chi connectivity index (χ3v) is 4.24. The first-order valence-electron chi connectivity index (χ1n) is 7.08. The largest absolute Gasteiger partial charge is 0.481 e. The predicted octanol–water partition coefficient (Wildman–Crippen LogP) is 2.64. The number of nitrogens with zero attached hydrogens (tertiary/aromatic N) is 1. The molecule has 0 radical (unpaired) electrons. The number of aliphatic carboxylic acids is 1. The molecule has 1 aliphatic heterocycles. The molecule has 1 amide bonds. The van der Waals surface area contributed by atoms with Crippen molar-refractivity contribution in [2.75, 3.05) is 13.1 Å². The van der Waals surface area contributed by atoms with Crippen LogP contribution in [0.1, 0.15) is 38.2 Å². The molecule has 5 heteroatoms. The quantitative estimate of drug-likeness (QED) is 0.928. The second-order valence-corrected chi connectivity index (χ2v) is 6.09. The second kappa shape index (κ2) is 5.84. The van der Waals surface area contributed by atoms with E-state index in [0.717, 1.165) is 5.56 Å². The average molecular weight is 293 g/mol. The molecule has 0 aromatic heterocycles. The first-order chi connectivity index (χ1) is 9.82. The van der Waals surface area contributed by atoms with Crippen molar-refractivity contribution < 1.29 is 19.1 Å². The molecule has 0 saturated carbocycles. The van der Waals surface area contributed by atoms with E-state index in [1.54, 1.807) is 24.0 Å². The van der Waals surface area contributed by atoms with E-state index in [4.69, 9.17) is 0 Å². The molecule has 4 nitrogen and oxygen atoms in total. The molecule has 21 heavy (non-hydrogen) atoms. The van der Waals surface area contributed by atoms with Gasteiger partial charge >= 0.3 is 5.97 Å². The molecule has 1 heterocycles. The van der Waals surface area contributed by atoms with E-state index in [2.05, 4.69) is 0 Å². The normalized spacial score (nSPS) is 23.1. The topological polar surface area (TPSA) is 57.6 Å². The lowest BCUT2D eigenvalue weighted by Crippen LogP contribution is -2.35. The van der Waals surface area contributed by atoms with Crippen molar-refractivity contribution in [2.45, 2.75) is 32.6 Å². The van der Waals surface area contributed by atoms with Gasteiger partial charge in [0.1, 0.15) is 5.82 Å². The maximum Gasteiger partial charge on any atom is 0.311 e. The van der Waals surface area contributed by atoms with Crippen molar-refractivity contribution in [3.8, 4) is 0 Å². The van der Waals surface area contributed by atoms with Crippen molar-refractivity contribution in [3.63, 3.8) is 0 Å². The van der Waals surface area contributed by atoms with Gasteiger partial charge in [-0.05, 0) is 37.0 Å². The highest BCUT2D eigenvalue weighted by Gasteiger charge is 2.42. The average Bonchev–Trinajstić information content (AvgIpc) is 2.83. The number of likely N-dealkylation sites (tertiary alicyclic amines) is 1. The third kappa shape index (κ3) is 3.40. The molecule has 1 saturated heterocycles. The Morgan fingerprint density at radius 2 is 2.19 bits per heavy atom. The zero-order valence-corrected chi connectivity index (χ0v) is 12.3. The minimum absolute atomic E-state index is 0.0725. The monoisotopic (exact) mass is 293 g/mol. The van der Waals surface area contributed by atoms with Crippen molar-refractivity contribution in [2.24, 2.45) is 5.41 Å². The fraction of sp³-hybridized carbons (Fsp3) is 0.500. The molecule has 114 valence electrons. The first-order valence-corrected chi connectivity index (χ1v) is 7.08. The van der Waals surface area contributed by atoms with Gasteiger partial charge in [0.25, 0.3) is 0 Å². The summed E-state index contributed by atoms with van der Waals surface area (Å²) in [7, 11) is 0. The number of carbonyl (C=O) groups excluding carboxylic acids is 1. The highest BCUT2D eigenvalue weighted by Crippen LogP contribution is 2.31. The van der Waals surface area contributed by atoms with Crippen molar-refractivity contribution in [1.82, 2.24) is 4.90 Å². The minimum atomic E-state index is -0.865. The van der Waals surface area contributed by atoms with Gasteiger partial charge in [0, 0.05) is 19.5 Å². The van der Waals surface area contributed by atoms with Crippen LogP contribution in [0.25, 0.3) is 0 Å². The summed E-state index contributed by atoms with van der Waals surface area (Å²) in [5, 5.41) is 9.18. The lowest BCUT2D eigenvalue weighted by Gasteiger charge is -2.21. The number of rotatable bonds is 4. The zero-order chi connectivity index (χ0) is 15.6. The molecule has 0 bridgehead atoms. The van der Waals surface area contributed by atoms with E-state index in [1.807, 2.05) is 6.92 Å². The third-order valence-electron chi connectivity index (χ3n) is 4.24. The number of carboxylic acids is 1. The van der Waals surface area contributed by atoms with Crippen molar-refractivity contribution in [3.05, 3.63) is 35.6 Å². The molecule has 1 aromatic rings. The van der Waals surface area contributed by atoms with Gasteiger partial charge in [0.2, 0.25) is 5.91 Å². The Balaban J connectivity index is 1.98. The molecule has 0 aliphatic carbocycles. The van der Waals surface area contributed by atoms with Crippen LogP contribution in [0.3, 0.4) is 0 Å².